The molecule has 0 aromatic rings. The lowest BCUT2D eigenvalue weighted by atomic mass is 10.1. The van der Waals surface area contributed by atoms with E-state index >= 15 is 0 Å². The first-order valence-corrected chi connectivity index (χ1v) is 8.83. The number of hydrogen-bond acceptors (Lipinski definition) is 4. The van der Waals surface area contributed by atoms with Crippen LogP contribution < -0.4 is 0 Å². The van der Waals surface area contributed by atoms with Gasteiger partial charge in [0.1, 0.15) is 6.61 Å². The molecule has 0 bridgehead atoms. The topological polar surface area (TPSA) is 49.8 Å². The van der Waals surface area contributed by atoms with Crippen LogP contribution >= 0.6 is 0 Å². The second kappa shape index (κ2) is 15.0. The molecule has 1 atom stereocenters. The Kier molecular flexibility index (Phi) is 14.4. The van der Waals surface area contributed by atoms with Crippen LogP contribution in [0.3, 0.4) is 0 Å². The molecule has 1 N–H and O–H groups in total. The number of hydrogen-bond donors (Lipinski definition) is 1. The van der Waals surface area contributed by atoms with Crippen LogP contribution in [0.25, 0.3) is 0 Å². The van der Waals surface area contributed by atoms with E-state index in [1.165, 1.54) is 38.2 Å². The zero-order valence-electron chi connectivity index (χ0n) is 14.7. The van der Waals surface area contributed by atoms with E-state index in [2.05, 4.69) is 11.8 Å². The molecule has 22 heavy (non-hydrogen) atoms. The number of aliphatic hydroxyl groups excluding tert-OH is 1. The third-order valence-corrected chi connectivity index (χ3v) is 3.72. The maximum absolute atomic E-state index is 11.3. The molecule has 1 unspecified atom stereocenters. The lowest BCUT2D eigenvalue weighted by Gasteiger charge is -2.24. The first-order chi connectivity index (χ1) is 10.6. The number of carbonyl (C=O) groups excluding carboxylic acids is 1. The highest BCUT2D eigenvalue weighted by Gasteiger charge is 2.10. The van der Waals surface area contributed by atoms with Crippen LogP contribution in [-0.2, 0) is 9.53 Å². The molecule has 130 valence electrons. The Morgan fingerprint density at radius 3 is 2.45 bits per heavy atom. The van der Waals surface area contributed by atoms with E-state index in [4.69, 9.17) is 4.74 Å². The predicted octanol–water partition coefficient (Wildman–Crippen LogP) is 3.54. The molecular formula is C18H35NO3. The Labute approximate surface area is 136 Å². The van der Waals surface area contributed by atoms with Gasteiger partial charge in [-0.05, 0) is 26.3 Å². The number of esters is 1. The lowest BCUT2D eigenvalue weighted by molar-refractivity contribution is -0.138. The SMILES string of the molecule is C/C=C/C(=O)OCCN(CCCCCCCC)CC(O)CC. The van der Waals surface area contributed by atoms with Crippen molar-refractivity contribution >= 4 is 5.97 Å². The number of carbonyl (C=O) groups is 1. The largest absolute Gasteiger partial charge is 0.461 e. The summed E-state index contributed by atoms with van der Waals surface area (Å²) in [7, 11) is 0. The molecule has 0 saturated heterocycles. The third-order valence-electron chi connectivity index (χ3n) is 3.72. The van der Waals surface area contributed by atoms with E-state index in [1.54, 1.807) is 13.0 Å². The molecule has 0 aliphatic carbocycles. The van der Waals surface area contributed by atoms with Crippen LogP contribution in [0.15, 0.2) is 12.2 Å². The Morgan fingerprint density at radius 1 is 1.14 bits per heavy atom. The van der Waals surface area contributed by atoms with Gasteiger partial charge in [0.05, 0.1) is 6.10 Å². The van der Waals surface area contributed by atoms with E-state index in [0.29, 0.717) is 19.7 Å². The van der Waals surface area contributed by atoms with Gasteiger partial charge in [0.15, 0.2) is 0 Å². The summed E-state index contributed by atoms with van der Waals surface area (Å²) in [4.78, 5) is 13.5. The van der Waals surface area contributed by atoms with Crippen molar-refractivity contribution in [1.29, 1.82) is 0 Å². The summed E-state index contributed by atoms with van der Waals surface area (Å²) in [6.07, 6.45) is 11.1. The van der Waals surface area contributed by atoms with E-state index < -0.39 is 0 Å². The molecule has 0 aromatic heterocycles. The van der Waals surface area contributed by atoms with Crippen LogP contribution in [-0.4, -0.2) is 48.3 Å². The van der Waals surface area contributed by atoms with E-state index in [-0.39, 0.29) is 12.1 Å². The van der Waals surface area contributed by atoms with Crippen molar-refractivity contribution in [2.75, 3.05) is 26.2 Å². The van der Waals surface area contributed by atoms with Gasteiger partial charge in [-0.2, -0.15) is 0 Å². The van der Waals surface area contributed by atoms with Gasteiger partial charge in [-0.25, -0.2) is 4.79 Å². The molecule has 0 amide bonds. The van der Waals surface area contributed by atoms with Crippen LogP contribution in [0.5, 0.6) is 0 Å². The normalized spacial score (nSPS) is 13.0. The molecule has 4 heteroatoms. The predicted molar refractivity (Wildman–Crippen MR) is 91.9 cm³/mol. The van der Waals surface area contributed by atoms with Gasteiger partial charge in [0.2, 0.25) is 0 Å². The fraction of sp³-hybridized carbons (Fsp3) is 0.833. The Hall–Kier alpha value is -0.870. The standard InChI is InChI=1S/C18H35NO3/c1-4-7-8-9-10-11-13-19(16-17(20)6-3)14-15-22-18(21)12-5-2/h5,12,17,20H,4,6-11,13-16H2,1-3H3/b12-5+. The minimum absolute atomic E-state index is 0.293. The average molecular weight is 313 g/mol. The fourth-order valence-corrected chi connectivity index (χ4v) is 2.30. The lowest BCUT2D eigenvalue weighted by Crippen LogP contribution is -2.35. The summed E-state index contributed by atoms with van der Waals surface area (Å²) >= 11 is 0. The smallest absolute Gasteiger partial charge is 0.330 e. The Morgan fingerprint density at radius 2 is 1.82 bits per heavy atom. The van der Waals surface area contributed by atoms with Crippen LogP contribution in [0.1, 0.15) is 65.7 Å². The van der Waals surface area contributed by atoms with Gasteiger partial charge in [-0.3, -0.25) is 4.90 Å². The number of aliphatic hydroxyl groups is 1. The van der Waals surface area contributed by atoms with Gasteiger partial charge in [-0.1, -0.05) is 52.0 Å². The maximum Gasteiger partial charge on any atom is 0.330 e. The zero-order chi connectivity index (χ0) is 16.6. The van der Waals surface area contributed by atoms with Gasteiger partial charge < -0.3 is 9.84 Å². The summed E-state index contributed by atoms with van der Waals surface area (Å²) in [5, 5.41) is 9.83. The highest BCUT2D eigenvalue weighted by atomic mass is 16.5. The van der Waals surface area contributed by atoms with Gasteiger partial charge in [0, 0.05) is 19.2 Å². The maximum atomic E-state index is 11.3. The van der Waals surface area contributed by atoms with Crippen molar-refractivity contribution in [3.63, 3.8) is 0 Å². The number of unbranched alkanes of at least 4 members (excludes halogenated alkanes) is 5. The zero-order valence-corrected chi connectivity index (χ0v) is 14.7. The first-order valence-electron chi connectivity index (χ1n) is 8.83. The summed E-state index contributed by atoms with van der Waals surface area (Å²) < 4.78 is 5.14. The Balaban J connectivity index is 3.96. The molecule has 0 spiro atoms. The van der Waals surface area contributed by atoms with E-state index in [9.17, 15) is 9.90 Å². The number of rotatable bonds is 14. The highest BCUT2D eigenvalue weighted by molar-refractivity contribution is 5.81. The second-order valence-electron chi connectivity index (χ2n) is 5.80. The van der Waals surface area contributed by atoms with Crippen molar-refractivity contribution in [2.45, 2.75) is 71.8 Å². The molecule has 0 saturated carbocycles. The van der Waals surface area contributed by atoms with Crippen molar-refractivity contribution in [2.24, 2.45) is 0 Å². The Bertz CT molecular complexity index is 292. The van der Waals surface area contributed by atoms with Crippen molar-refractivity contribution in [3.8, 4) is 0 Å². The summed E-state index contributed by atoms with van der Waals surface area (Å²) in [6, 6.07) is 0. The molecule has 0 radical (unpaired) electrons. The van der Waals surface area contributed by atoms with Gasteiger partial charge in [0.25, 0.3) is 0 Å². The molecule has 0 aromatic carbocycles. The number of allylic oxidation sites excluding steroid dienone is 1. The third kappa shape index (κ3) is 12.8. The molecule has 0 aliphatic rings. The minimum Gasteiger partial charge on any atom is -0.461 e. The fourth-order valence-electron chi connectivity index (χ4n) is 2.30. The molecule has 0 rings (SSSR count). The summed E-state index contributed by atoms with van der Waals surface area (Å²) in [5.41, 5.74) is 0. The van der Waals surface area contributed by atoms with Crippen LogP contribution in [0.4, 0.5) is 0 Å². The van der Waals surface area contributed by atoms with E-state index in [1.807, 2.05) is 6.92 Å². The molecule has 0 fully saturated rings. The summed E-state index contributed by atoms with van der Waals surface area (Å²) in [5.74, 6) is -0.293. The van der Waals surface area contributed by atoms with Crippen LogP contribution in [0.2, 0.25) is 0 Å². The molecule has 4 nitrogen and oxygen atoms in total. The molecule has 0 aliphatic heterocycles. The quantitative estimate of drug-likeness (QED) is 0.303. The average Bonchev–Trinajstić information content (AvgIpc) is 2.50. The highest BCUT2D eigenvalue weighted by Crippen LogP contribution is 2.07. The number of ether oxygens (including phenoxy) is 1. The first kappa shape index (κ1) is 21.1. The van der Waals surface area contributed by atoms with Crippen molar-refractivity contribution in [3.05, 3.63) is 12.2 Å². The van der Waals surface area contributed by atoms with Crippen LogP contribution in [0, 0.1) is 0 Å². The summed E-state index contributed by atoms with van der Waals surface area (Å²) in [6.45, 7) is 8.70. The van der Waals surface area contributed by atoms with E-state index in [0.717, 1.165) is 19.4 Å². The second-order valence-corrected chi connectivity index (χ2v) is 5.80. The molecular weight excluding hydrogens is 278 g/mol. The molecule has 0 heterocycles. The van der Waals surface area contributed by atoms with Gasteiger partial charge >= 0.3 is 5.97 Å². The van der Waals surface area contributed by atoms with Crippen molar-refractivity contribution in [1.82, 2.24) is 4.90 Å². The van der Waals surface area contributed by atoms with Gasteiger partial charge in [-0.15, -0.1) is 0 Å². The number of nitrogens with zero attached hydrogens (tertiary/aromatic N) is 1. The minimum atomic E-state index is -0.300. The monoisotopic (exact) mass is 313 g/mol. The van der Waals surface area contributed by atoms with Crippen molar-refractivity contribution < 1.29 is 14.6 Å².